The van der Waals surface area contributed by atoms with Crippen LogP contribution >= 0.6 is 0 Å². The lowest BCUT2D eigenvalue weighted by Crippen LogP contribution is -2.31. The minimum atomic E-state index is 0.0408. The molecule has 134 valence electrons. The van der Waals surface area contributed by atoms with Gasteiger partial charge in [0.1, 0.15) is 6.07 Å². The summed E-state index contributed by atoms with van der Waals surface area (Å²) in [5, 5.41) is 22.3. The first kappa shape index (κ1) is 18.2. The summed E-state index contributed by atoms with van der Waals surface area (Å²) in [6, 6.07) is 14.6. The van der Waals surface area contributed by atoms with Crippen LogP contribution in [0.25, 0.3) is 11.1 Å². The number of nitrogens with zero attached hydrogens (tertiary/aromatic N) is 2. The van der Waals surface area contributed by atoms with Gasteiger partial charge in [-0.2, -0.15) is 5.26 Å². The lowest BCUT2D eigenvalue weighted by molar-refractivity contribution is 0.269. The molecule has 0 fully saturated rings. The van der Waals surface area contributed by atoms with E-state index >= 15 is 0 Å². The second-order valence-electron chi connectivity index (χ2n) is 6.60. The number of benzene rings is 2. The third kappa shape index (κ3) is 3.65. The van der Waals surface area contributed by atoms with Crippen molar-refractivity contribution < 1.29 is 5.11 Å². The molecule has 1 aliphatic rings. The van der Waals surface area contributed by atoms with Crippen LogP contribution in [0.5, 0.6) is 0 Å². The van der Waals surface area contributed by atoms with Crippen LogP contribution in [0.3, 0.4) is 0 Å². The van der Waals surface area contributed by atoms with Gasteiger partial charge < -0.3 is 10.4 Å². The average molecular weight is 347 g/mol. The van der Waals surface area contributed by atoms with E-state index in [0.717, 1.165) is 48.6 Å². The topological polar surface area (TPSA) is 59.3 Å². The number of likely N-dealkylation sites (N-methyl/N-ethyl adjacent to an activating group) is 1. The molecule has 0 saturated carbocycles. The minimum Gasteiger partial charge on any atom is -0.396 e. The van der Waals surface area contributed by atoms with E-state index in [-0.39, 0.29) is 6.61 Å². The molecule has 26 heavy (non-hydrogen) atoms. The number of nitriles is 1. The number of fused-ring (bicyclic) bond motifs is 1. The highest BCUT2D eigenvalue weighted by Crippen LogP contribution is 2.38. The van der Waals surface area contributed by atoms with Gasteiger partial charge in [-0.3, -0.25) is 4.90 Å². The fourth-order valence-electron chi connectivity index (χ4n) is 3.56. The second-order valence-corrected chi connectivity index (χ2v) is 6.60. The van der Waals surface area contributed by atoms with Gasteiger partial charge in [0.05, 0.1) is 11.3 Å². The molecule has 0 spiro atoms. The van der Waals surface area contributed by atoms with E-state index in [2.05, 4.69) is 41.9 Å². The first-order valence-electron chi connectivity index (χ1n) is 9.10. The van der Waals surface area contributed by atoms with Crippen molar-refractivity contribution >= 4 is 5.69 Å². The van der Waals surface area contributed by atoms with Crippen LogP contribution in [0.15, 0.2) is 48.7 Å². The van der Waals surface area contributed by atoms with Crippen molar-refractivity contribution in [3.05, 3.63) is 65.4 Å². The zero-order valence-electron chi connectivity index (χ0n) is 15.3. The molecule has 2 aromatic carbocycles. The molecule has 3 rings (SSSR count). The predicted octanol–water partition coefficient (Wildman–Crippen LogP) is 3.91. The van der Waals surface area contributed by atoms with Crippen molar-refractivity contribution in [3.63, 3.8) is 0 Å². The summed E-state index contributed by atoms with van der Waals surface area (Å²) in [6.45, 7) is 9.01. The molecule has 0 aliphatic carbocycles. The number of hydrogen-bond acceptors (Lipinski definition) is 4. The standard InChI is InChI=1S/C22H25N3O/c1-3-25-11-9-19-20(17-7-5-4-6-8-17)13-18(14-23)22(21(19)15-25)24-16(2)10-12-26/h4-8,13,24,26H,2-3,9-12,15H2,1H3. The first-order valence-corrected chi connectivity index (χ1v) is 9.10. The average Bonchev–Trinajstić information content (AvgIpc) is 2.68. The van der Waals surface area contributed by atoms with Gasteiger partial charge in [0.15, 0.2) is 0 Å². The molecule has 1 heterocycles. The smallest absolute Gasteiger partial charge is 0.101 e. The summed E-state index contributed by atoms with van der Waals surface area (Å²) in [5.74, 6) is 0. The van der Waals surface area contributed by atoms with E-state index in [1.165, 1.54) is 11.1 Å². The van der Waals surface area contributed by atoms with E-state index in [4.69, 9.17) is 0 Å². The van der Waals surface area contributed by atoms with Crippen LogP contribution in [0, 0.1) is 11.3 Å². The van der Waals surface area contributed by atoms with E-state index < -0.39 is 0 Å². The largest absolute Gasteiger partial charge is 0.396 e. The Balaban J connectivity index is 2.16. The van der Waals surface area contributed by atoms with Gasteiger partial charge in [-0.25, -0.2) is 0 Å². The number of aliphatic hydroxyl groups is 1. The number of hydrogen-bond donors (Lipinski definition) is 2. The van der Waals surface area contributed by atoms with Gasteiger partial charge in [-0.1, -0.05) is 43.8 Å². The highest BCUT2D eigenvalue weighted by Gasteiger charge is 2.24. The molecule has 4 heteroatoms. The molecule has 2 N–H and O–H groups in total. The SMILES string of the molecule is C=C(CCO)Nc1c(C#N)cc(-c2ccccc2)c2c1CN(CC)CC2. The summed E-state index contributed by atoms with van der Waals surface area (Å²) in [7, 11) is 0. The van der Waals surface area contributed by atoms with Crippen molar-refractivity contribution in [1.82, 2.24) is 4.90 Å². The third-order valence-electron chi connectivity index (χ3n) is 4.98. The highest BCUT2D eigenvalue weighted by atomic mass is 16.3. The van der Waals surface area contributed by atoms with Crippen molar-refractivity contribution in [2.45, 2.75) is 26.3 Å². The lowest BCUT2D eigenvalue weighted by Gasteiger charge is -2.32. The number of aliphatic hydroxyl groups excluding tert-OH is 1. The predicted molar refractivity (Wildman–Crippen MR) is 106 cm³/mol. The van der Waals surface area contributed by atoms with Gasteiger partial charge >= 0.3 is 0 Å². The summed E-state index contributed by atoms with van der Waals surface area (Å²) < 4.78 is 0. The van der Waals surface area contributed by atoms with E-state index in [1.807, 2.05) is 24.3 Å². The van der Waals surface area contributed by atoms with E-state index in [9.17, 15) is 10.4 Å². The zero-order valence-corrected chi connectivity index (χ0v) is 15.3. The van der Waals surface area contributed by atoms with Crippen molar-refractivity contribution in [2.75, 3.05) is 25.0 Å². The van der Waals surface area contributed by atoms with Gasteiger partial charge in [-0.15, -0.1) is 0 Å². The minimum absolute atomic E-state index is 0.0408. The fraction of sp³-hybridized carbons (Fsp3) is 0.318. The molecule has 0 unspecified atom stereocenters. The zero-order chi connectivity index (χ0) is 18.5. The van der Waals surface area contributed by atoms with Crippen LogP contribution in [-0.4, -0.2) is 29.7 Å². The van der Waals surface area contributed by atoms with Crippen molar-refractivity contribution in [2.24, 2.45) is 0 Å². The monoisotopic (exact) mass is 347 g/mol. The van der Waals surface area contributed by atoms with E-state index in [1.54, 1.807) is 0 Å². The normalized spacial score (nSPS) is 13.7. The number of nitrogens with one attached hydrogen (secondary N) is 1. The Hall–Kier alpha value is -2.61. The Labute approximate surface area is 155 Å². The molecule has 2 aromatic rings. The van der Waals surface area contributed by atoms with Crippen LogP contribution in [0.2, 0.25) is 0 Å². The summed E-state index contributed by atoms with van der Waals surface area (Å²) in [4.78, 5) is 2.39. The Morgan fingerprint density at radius 2 is 2.08 bits per heavy atom. The fourth-order valence-corrected chi connectivity index (χ4v) is 3.56. The quantitative estimate of drug-likeness (QED) is 0.832. The molecule has 0 radical (unpaired) electrons. The number of rotatable bonds is 6. The Kier molecular flexibility index (Phi) is 5.72. The van der Waals surface area contributed by atoms with Gasteiger partial charge in [-0.05, 0) is 41.3 Å². The van der Waals surface area contributed by atoms with Crippen LogP contribution < -0.4 is 5.32 Å². The van der Waals surface area contributed by atoms with Crippen LogP contribution in [0.4, 0.5) is 5.69 Å². The molecule has 0 amide bonds. The van der Waals surface area contributed by atoms with Gasteiger partial charge in [0, 0.05) is 31.8 Å². The number of anilines is 1. The lowest BCUT2D eigenvalue weighted by atomic mass is 9.87. The summed E-state index contributed by atoms with van der Waals surface area (Å²) >= 11 is 0. The molecular weight excluding hydrogens is 322 g/mol. The van der Waals surface area contributed by atoms with E-state index in [0.29, 0.717) is 12.0 Å². The maximum absolute atomic E-state index is 9.77. The molecule has 0 saturated heterocycles. The maximum Gasteiger partial charge on any atom is 0.101 e. The molecule has 0 aromatic heterocycles. The third-order valence-corrected chi connectivity index (χ3v) is 4.98. The van der Waals surface area contributed by atoms with Crippen LogP contribution in [-0.2, 0) is 13.0 Å². The molecular formula is C22H25N3O. The Morgan fingerprint density at radius 3 is 2.73 bits per heavy atom. The van der Waals surface area contributed by atoms with Gasteiger partial charge in [0.25, 0.3) is 0 Å². The van der Waals surface area contributed by atoms with Crippen molar-refractivity contribution in [3.8, 4) is 17.2 Å². The molecule has 1 aliphatic heterocycles. The summed E-state index contributed by atoms with van der Waals surface area (Å²) in [6.07, 6.45) is 1.43. The van der Waals surface area contributed by atoms with Gasteiger partial charge in [0.2, 0.25) is 0 Å². The van der Waals surface area contributed by atoms with Crippen LogP contribution in [0.1, 0.15) is 30.0 Å². The highest BCUT2D eigenvalue weighted by molar-refractivity contribution is 5.79. The Morgan fingerprint density at radius 1 is 1.31 bits per heavy atom. The summed E-state index contributed by atoms with van der Waals surface area (Å²) in [5.41, 5.74) is 6.97. The molecule has 0 atom stereocenters. The Bertz CT molecular complexity index is 837. The molecule has 4 nitrogen and oxygen atoms in total. The van der Waals surface area contributed by atoms with Crippen molar-refractivity contribution in [1.29, 1.82) is 5.26 Å². The second kappa shape index (κ2) is 8.18. The first-order chi connectivity index (χ1) is 12.7. The molecule has 0 bridgehead atoms. The maximum atomic E-state index is 9.77.